The molecule has 3 nitrogen and oxygen atoms in total. The molecule has 1 fully saturated rings. The summed E-state index contributed by atoms with van der Waals surface area (Å²) < 4.78 is 38.1. The molecule has 0 aliphatic heterocycles. The number of hydrogen-bond donors (Lipinski definition) is 1. The number of amides is 1. The first-order valence-electron chi connectivity index (χ1n) is 8.25. The smallest absolute Gasteiger partial charge is 0.366 e. The fraction of sp³-hybridized carbons (Fsp3) is 0.368. The second-order valence-corrected chi connectivity index (χ2v) is 6.58. The van der Waals surface area contributed by atoms with Gasteiger partial charge in [-0.3, -0.25) is 9.78 Å². The molecule has 0 saturated heterocycles. The number of rotatable bonds is 6. The number of nitrogens with zero attached hydrogens (tertiary/aromatic N) is 1. The fourth-order valence-corrected chi connectivity index (χ4v) is 3.11. The Kier molecular flexibility index (Phi) is 4.79. The van der Waals surface area contributed by atoms with Crippen LogP contribution < -0.4 is 5.73 Å². The fourth-order valence-electron chi connectivity index (χ4n) is 3.11. The predicted octanol–water partition coefficient (Wildman–Crippen LogP) is 4.33. The maximum atomic E-state index is 12.7. The van der Waals surface area contributed by atoms with Gasteiger partial charge in [-0.1, -0.05) is 37.1 Å². The summed E-state index contributed by atoms with van der Waals surface area (Å²) in [6.07, 6.45) is 0.582. The molecule has 6 heteroatoms. The molecule has 1 heterocycles. The van der Waals surface area contributed by atoms with Crippen LogP contribution in [0.15, 0.2) is 42.6 Å². The van der Waals surface area contributed by atoms with Crippen LogP contribution in [0.25, 0.3) is 0 Å². The van der Waals surface area contributed by atoms with Crippen LogP contribution in [0, 0.1) is 5.92 Å². The summed E-state index contributed by atoms with van der Waals surface area (Å²) in [4.78, 5) is 15.2. The number of benzene rings is 1. The minimum atomic E-state index is -4.44. The highest BCUT2D eigenvalue weighted by Crippen LogP contribution is 2.40. The summed E-state index contributed by atoms with van der Waals surface area (Å²) >= 11 is 0. The van der Waals surface area contributed by atoms with Gasteiger partial charge in [-0.2, -0.15) is 13.2 Å². The minimum absolute atomic E-state index is 0.0165. The van der Waals surface area contributed by atoms with Crippen molar-refractivity contribution in [2.45, 2.75) is 37.8 Å². The quantitative estimate of drug-likeness (QED) is 0.845. The average Bonchev–Trinajstić information content (AvgIpc) is 3.38. The lowest BCUT2D eigenvalue weighted by Crippen LogP contribution is -2.16. The van der Waals surface area contributed by atoms with Crippen molar-refractivity contribution >= 4 is 5.91 Å². The summed E-state index contributed by atoms with van der Waals surface area (Å²) in [7, 11) is 0. The Bertz CT molecular complexity index is 752. The van der Waals surface area contributed by atoms with E-state index in [0.717, 1.165) is 36.5 Å². The number of pyridine rings is 1. The van der Waals surface area contributed by atoms with Crippen LogP contribution in [0.5, 0.6) is 0 Å². The summed E-state index contributed by atoms with van der Waals surface area (Å²) in [6, 6.07) is 9.62. The Morgan fingerprint density at radius 1 is 1.20 bits per heavy atom. The number of primary amides is 1. The lowest BCUT2D eigenvalue weighted by atomic mass is 9.86. The van der Waals surface area contributed by atoms with Crippen molar-refractivity contribution in [3.05, 3.63) is 65.0 Å². The van der Waals surface area contributed by atoms with Crippen LogP contribution in [0.2, 0.25) is 0 Å². The number of halogens is 3. The van der Waals surface area contributed by atoms with Crippen molar-refractivity contribution in [2.24, 2.45) is 11.7 Å². The third-order valence-electron chi connectivity index (χ3n) is 4.61. The Labute approximate surface area is 144 Å². The molecule has 1 aliphatic rings. The van der Waals surface area contributed by atoms with Crippen molar-refractivity contribution in [1.82, 2.24) is 4.98 Å². The van der Waals surface area contributed by atoms with Gasteiger partial charge >= 0.3 is 6.18 Å². The normalized spacial score (nSPS) is 15.8. The highest BCUT2D eigenvalue weighted by atomic mass is 19.4. The van der Waals surface area contributed by atoms with Crippen molar-refractivity contribution in [3.63, 3.8) is 0 Å². The van der Waals surface area contributed by atoms with E-state index in [9.17, 15) is 18.0 Å². The number of hydrogen-bond acceptors (Lipinski definition) is 2. The molecule has 1 atom stereocenters. The van der Waals surface area contributed by atoms with E-state index in [-0.39, 0.29) is 5.92 Å². The van der Waals surface area contributed by atoms with Gasteiger partial charge in [-0.15, -0.1) is 0 Å². The molecule has 3 rings (SSSR count). The average molecular weight is 348 g/mol. The van der Waals surface area contributed by atoms with Gasteiger partial charge in [0.2, 0.25) is 5.91 Å². The van der Waals surface area contributed by atoms with E-state index in [1.165, 1.54) is 12.3 Å². The Morgan fingerprint density at radius 2 is 1.92 bits per heavy atom. The van der Waals surface area contributed by atoms with E-state index in [0.29, 0.717) is 17.9 Å². The SMILES string of the molecule is NC(=O)c1ccccc1CC(CC1CC1)c1ccc(C(F)(F)F)nc1. The molecule has 1 saturated carbocycles. The molecule has 2 N–H and O–H groups in total. The van der Waals surface area contributed by atoms with Crippen LogP contribution in [-0.2, 0) is 12.6 Å². The lowest BCUT2D eigenvalue weighted by Gasteiger charge is -2.19. The molecule has 0 radical (unpaired) electrons. The molecule has 25 heavy (non-hydrogen) atoms. The zero-order valence-corrected chi connectivity index (χ0v) is 13.6. The minimum Gasteiger partial charge on any atom is -0.366 e. The maximum absolute atomic E-state index is 12.7. The van der Waals surface area contributed by atoms with E-state index in [1.807, 2.05) is 12.1 Å². The molecule has 1 unspecified atom stereocenters. The third kappa shape index (κ3) is 4.38. The number of alkyl halides is 3. The topological polar surface area (TPSA) is 56.0 Å². The van der Waals surface area contributed by atoms with E-state index < -0.39 is 17.8 Å². The van der Waals surface area contributed by atoms with Crippen LogP contribution in [0.4, 0.5) is 13.2 Å². The molecule has 1 aliphatic carbocycles. The first-order valence-corrected chi connectivity index (χ1v) is 8.25. The standard InChI is InChI=1S/C19H19F3N2O/c20-19(21,22)17-8-7-14(11-24-17)15(9-12-5-6-12)10-13-3-1-2-4-16(13)18(23)25/h1-4,7-8,11-12,15H,5-6,9-10H2,(H2,23,25). The molecule has 0 bridgehead atoms. The van der Waals surface area contributed by atoms with Gasteiger partial charge in [0.05, 0.1) is 0 Å². The highest BCUT2D eigenvalue weighted by molar-refractivity contribution is 5.94. The van der Waals surface area contributed by atoms with Gasteiger partial charge in [0.25, 0.3) is 0 Å². The van der Waals surface area contributed by atoms with E-state index in [4.69, 9.17) is 5.73 Å². The van der Waals surface area contributed by atoms with Gasteiger partial charge < -0.3 is 5.73 Å². The van der Waals surface area contributed by atoms with E-state index in [1.54, 1.807) is 12.1 Å². The first kappa shape index (κ1) is 17.5. The van der Waals surface area contributed by atoms with Crippen LogP contribution in [-0.4, -0.2) is 10.9 Å². The molecule has 1 aromatic carbocycles. The second-order valence-electron chi connectivity index (χ2n) is 6.58. The zero-order chi connectivity index (χ0) is 18.0. The number of nitrogens with two attached hydrogens (primary N) is 1. The van der Waals surface area contributed by atoms with Crippen LogP contribution in [0.3, 0.4) is 0 Å². The molecule has 1 aromatic heterocycles. The first-order chi connectivity index (χ1) is 11.8. The summed E-state index contributed by atoms with van der Waals surface area (Å²) in [5, 5.41) is 0. The number of carbonyl (C=O) groups is 1. The molecule has 132 valence electrons. The van der Waals surface area contributed by atoms with Gasteiger partial charge in [0.1, 0.15) is 5.69 Å². The molecule has 2 aromatic rings. The lowest BCUT2D eigenvalue weighted by molar-refractivity contribution is -0.141. The molecular formula is C19H19F3N2O. The van der Waals surface area contributed by atoms with Crippen molar-refractivity contribution in [1.29, 1.82) is 0 Å². The van der Waals surface area contributed by atoms with E-state index >= 15 is 0 Å². The van der Waals surface area contributed by atoms with Crippen molar-refractivity contribution in [3.8, 4) is 0 Å². The van der Waals surface area contributed by atoms with Gasteiger partial charge in [-0.25, -0.2) is 0 Å². The maximum Gasteiger partial charge on any atom is 0.433 e. The van der Waals surface area contributed by atoms with Crippen molar-refractivity contribution < 1.29 is 18.0 Å². The predicted molar refractivity (Wildman–Crippen MR) is 88.0 cm³/mol. The Balaban J connectivity index is 1.86. The Hall–Kier alpha value is -2.37. The van der Waals surface area contributed by atoms with E-state index in [2.05, 4.69) is 4.98 Å². The largest absolute Gasteiger partial charge is 0.433 e. The van der Waals surface area contributed by atoms with Gasteiger partial charge in [0.15, 0.2) is 0 Å². The molecule has 0 spiro atoms. The summed E-state index contributed by atoms with van der Waals surface area (Å²) in [6.45, 7) is 0. The van der Waals surface area contributed by atoms with Crippen LogP contribution in [0.1, 0.15) is 52.4 Å². The van der Waals surface area contributed by atoms with Crippen LogP contribution >= 0.6 is 0 Å². The number of carbonyl (C=O) groups excluding carboxylic acids is 1. The molecular weight excluding hydrogens is 329 g/mol. The number of aromatic nitrogens is 1. The highest BCUT2D eigenvalue weighted by Gasteiger charge is 2.33. The van der Waals surface area contributed by atoms with Gasteiger partial charge in [0, 0.05) is 11.8 Å². The monoisotopic (exact) mass is 348 g/mol. The second kappa shape index (κ2) is 6.86. The summed E-state index contributed by atoms with van der Waals surface area (Å²) in [5.41, 5.74) is 6.59. The summed E-state index contributed by atoms with van der Waals surface area (Å²) in [5.74, 6) is 0.113. The molecule has 1 amide bonds. The Morgan fingerprint density at radius 3 is 2.48 bits per heavy atom. The third-order valence-corrected chi connectivity index (χ3v) is 4.61. The van der Waals surface area contributed by atoms with Gasteiger partial charge in [-0.05, 0) is 47.9 Å². The van der Waals surface area contributed by atoms with Crippen molar-refractivity contribution in [2.75, 3.05) is 0 Å². The zero-order valence-electron chi connectivity index (χ0n) is 13.6.